The topological polar surface area (TPSA) is 57.4 Å². The Morgan fingerprint density at radius 1 is 1.18 bits per heavy atom. The molecule has 146 valence electrons. The van der Waals surface area contributed by atoms with Crippen molar-refractivity contribution in [3.8, 4) is 5.75 Å². The summed E-state index contributed by atoms with van der Waals surface area (Å²) in [6.07, 6.45) is 1.90. The Kier molecular flexibility index (Phi) is 5.55. The molecule has 1 saturated heterocycles. The zero-order chi connectivity index (χ0) is 19.5. The van der Waals surface area contributed by atoms with Crippen LogP contribution in [0.15, 0.2) is 48.5 Å². The summed E-state index contributed by atoms with van der Waals surface area (Å²) in [5.74, 6) is 0.723. The number of methoxy groups -OCH3 is 1. The van der Waals surface area contributed by atoms with Gasteiger partial charge in [0.25, 0.3) is 5.91 Å². The summed E-state index contributed by atoms with van der Waals surface area (Å²) in [7, 11) is 1.64. The molecule has 1 aliphatic heterocycles. The molecule has 0 radical (unpaired) electrons. The molecular formula is C22H24ClN3O2. The van der Waals surface area contributed by atoms with E-state index >= 15 is 0 Å². The van der Waals surface area contributed by atoms with Crippen LogP contribution >= 0.6 is 11.6 Å². The number of halogens is 1. The predicted molar refractivity (Wildman–Crippen MR) is 112 cm³/mol. The lowest BCUT2D eigenvalue weighted by Gasteiger charge is -2.32. The Labute approximate surface area is 169 Å². The maximum atomic E-state index is 12.6. The van der Waals surface area contributed by atoms with E-state index in [1.807, 2.05) is 36.4 Å². The van der Waals surface area contributed by atoms with Gasteiger partial charge in [-0.1, -0.05) is 23.7 Å². The van der Waals surface area contributed by atoms with Crippen LogP contribution in [0.3, 0.4) is 0 Å². The number of carbonyl (C=O) groups is 1. The molecule has 3 aromatic rings. The molecule has 0 spiro atoms. The van der Waals surface area contributed by atoms with Gasteiger partial charge in [0.2, 0.25) is 0 Å². The third kappa shape index (κ3) is 4.32. The van der Waals surface area contributed by atoms with Gasteiger partial charge in [-0.2, -0.15) is 0 Å². The lowest BCUT2D eigenvalue weighted by atomic mass is 10.0. The summed E-state index contributed by atoms with van der Waals surface area (Å²) in [4.78, 5) is 18.3. The molecule has 1 aliphatic rings. The average molecular weight is 398 g/mol. The number of rotatable bonds is 5. The van der Waals surface area contributed by atoms with Crippen molar-refractivity contribution in [1.82, 2.24) is 15.2 Å². The van der Waals surface area contributed by atoms with E-state index in [1.54, 1.807) is 7.11 Å². The number of aromatic nitrogens is 1. The quantitative estimate of drug-likeness (QED) is 0.677. The normalized spacial score (nSPS) is 15.6. The molecule has 1 fully saturated rings. The van der Waals surface area contributed by atoms with E-state index in [9.17, 15) is 4.79 Å². The molecule has 6 heteroatoms. The minimum Gasteiger partial charge on any atom is -0.497 e. The van der Waals surface area contributed by atoms with Crippen LogP contribution < -0.4 is 10.1 Å². The molecule has 4 rings (SSSR count). The van der Waals surface area contributed by atoms with Crippen LogP contribution in [0.4, 0.5) is 0 Å². The number of hydrogen-bond acceptors (Lipinski definition) is 3. The molecular weight excluding hydrogens is 374 g/mol. The van der Waals surface area contributed by atoms with Crippen molar-refractivity contribution in [2.24, 2.45) is 0 Å². The summed E-state index contributed by atoms with van der Waals surface area (Å²) >= 11 is 5.95. The van der Waals surface area contributed by atoms with Crippen LogP contribution in [0.1, 0.15) is 28.9 Å². The number of nitrogens with one attached hydrogen (secondary N) is 2. The number of amides is 1. The highest BCUT2D eigenvalue weighted by Crippen LogP contribution is 2.22. The van der Waals surface area contributed by atoms with E-state index in [4.69, 9.17) is 16.3 Å². The molecule has 0 unspecified atom stereocenters. The molecule has 0 aliphatic carbocycles. The Bertz CT molecular complexity index is 960. The fourth-order valence-electron chi connectivity index (χ4n) is 3.70. The van der Waals surface area contributed by atoms with Crippen molar-refractivity contribution in [3.63, 3.8) is 0 Å². The number of piperidine rings is 1. The lowest BCUT2D eigenvalue weighted by molar-refractivity contribution is 0.0904. The first kappa shape index (κ1) is 18.8. The molecule has 2 N–H and O–H groups in total. The first-order valence-electron chi connectivity index (χ1n) is 9.55. The number of hydrogen-bond donors (Lipinski definition) is 2. The van der Waals surface area contributed by atoms with Gasteiger partial charge in [0.05, 0.1) is 7.11 Å². The SMILES string of the molecule is COc1ccc2cc(C(=O)NC3CCN(Cc4ccc(Cl)cc4)CC3)[nH]c2c1. The number of carbonyl (C=O) groups excluding carboxylic acids is 1. The van der Waals surface area contributed by atoms with Crippen molar-refractivity contribution < 1.29 is 9.53 Å². The molecule has 0 saturated carbocycles. The first-order valence-corrected chi connectivity index (χ1v) is 9.93. The van der Waals surface area contributed by atoms with Crippen molar-refractivity contribution in [1.29, 1.82) is 0 Å². The Morgan fingerprint density at radius 2 is 1.93 bits per heavy atom. The number of ether oxygens (including phenoxy) is 1. The number of fused-ring (bicyclic) bond motifs is 1. The monoisotopic (exact) mass is 397 g/mol. The van der Waals surface area contributed by atoms with Crippen LogP contribution in [-0.4, -0.2) is 42.0 Å². The van der Waals surface area contributed by atoms with Crippen molar-refractivity contribution in [2.75, 3.05) is 20.2 Å². The third-order valence-electron chi connectivity index (χ3n) is 5.32. The maximum absolute atomic E-state index is 12.6. The minimum absolute atomic E-state index is 0.0497. The Balaban J connectivity index is 1.31. The summed E-state index contributed by atoms with van der Waals surface area (Å²) in [5.41, 5.74) is 2.76. The highest BCUT2D eigenvalue weighted by Gasteiger charge is 2.22. The van der Waals surface area contributed by atoms with Crippen LogP contribution in [0.5, 0.6) is 5.75 Å². The molecule has 2 heterocycles. The second-order valence-corrected chi connectivity index (χ2v) is 7.72. The summed E-state index contributed by atoms with van der Waals surface area (Å²) in [6, 6.07) is 15.9. The van der Waals surface area contributed by atoms with E-state index in [-0.39, 0.29) is 11.9 Å². The molecule has 1 aromatic heterocycles. The number of benzene rings is 2. The van der Waals surface area contributed by atoms with Crippen molar-refractivity contribution >= 4 is 28.4 Å². The number of nitrogens with zero attached hydrogens (tertiary/aromatic N) is 1. The third-order valence-corrected chi connectivity index (χ3v) is 5.57. The van der Waals surface area contributed by atoms with E-state index in [2.05, 4.69) is 27.3 Å². The highest BCUT2D eigenvalue weighted by atomic mass is 35.5. The van der Waals surface area contributed by atoms with Gasteiger partial charge in [0.1, 0.15) is 11.4 Å². The van der Waals surface area contributed by atoms with Crippen LogP contribution in [0.25, 0.3) is 10.9 Å². The summed E-state index contributed by atoms with van der Waals surface area (Å²) in [6.45, 7) is 2.86. The van der Waals surface area contributed by atoms with Gasteiger partial charge in [-0.3, -0.25) is 9.69 Å². The van der Waals surface area contributed by atoms with Gasteiger partial charge in [-0.25, -0.2) is 0 Å². The average Bonchev–Trinajstić information content (AvgIpc) is 3.14. The highest BCUT2D eigenvalue weighted by molar-refractivity contribution is 6.30. The summed E-state index contributed by atoms with van der Waals surface area (Å²) in [5, 5.41) is 4.94. The molecule has 2 aromatic carbocycles. The fraction of sp³-hybridized carbons (Fsp3) is 0.318. The van der Waals surface area contributed by atoms with Crippen LogP contribution in [0.2, 0.25) is 5.02 Å². The zero-order valence-corrected chi connectivity index (χ0v) is 16.6. The van der Waals surface area contributed by atoms with Gasteiger partial charge in [-0.05, 0) is 48.7 Å². The van der Waals surface area contributed by atoms with Gasteiger partial charge < -0.3 is 15.0 Å². The molecule has 5 nitrogen and oxygen atoms in total. The fourth-order valence-corrected chi connectivity index (χ4v) is 3.83. The van der Waals surface area contributed by atoms with Crippen LogP contribution in [0, 0.1) is 0 Å². The lowest BCUT2D eigenvalue weighted by Crippen LogP contribution is -2.44. The Hall–Kier alpha value is -2.50. The molecule has 0 bridgehead atoms. The molecule has 28 heavy (non-hydrogen) atoms. The van der Waals surface area contributed by atoms with E-state index in [0.29, 0.717) is 5.69 Å². The van der Waals surface area contributed by atoms with Gasteiger partial charge in [0, 0.05) is 47.7 Å². The van der Waals surface area contributed by atoms with E-state index in [0.717, 1.165) is 54.2 Å². The van der Waals surface area contributed by atoms with Gasteiger partial charge >= 0.3 is 0 Å². The van der Waals surface area contributed by atoms with E-state index < -0.39 is 0 Å². The number of likely N-dealkylation sites (tertiary alicyclic amines) is 1. The molecule has 1 amide bonds. The Morgan fingerprint density at radius 3 is 2.64 bits per heavy atom. The second-order valence-electron chi connectivity index (χ2n) is 7.29. The number of aromatic amines is 1. The van der Waals surface area contributed by atoms with Crippen molar-refractivity contribution in [3.05, 3.63) is 64.8 Å². The first-order chi connectivity index (χ1) is 13.6. The minimum atomic E-state index is -0.0497. The molecule has 0 atom stereocenters. The smallest absolute Gasteiger partial charge is 0.267 e. The van der Waals surface area contributed by atoms with E-state index in [1.165, 1.54) is 5.56 Å². The van der Waals surface area contributed by atoms with Crippen LogP contribution in [-0.2, 0) is 6.54 Å². The zero-order valence-electron chi connectivity index (χ0n) is 15.9. The second kappa shape index (κ2) is 8.25. The summed E-state index contributed by atoms with van der Waals surface area (Å²) < 4.78 is 5.24. The predicted octanol–water partition coefficient (Wildman–Crippen LogP) is 4.22. The number of H-pyrrole nitrogens is 1. The van der Waals surface area contributed by atoms with Gasteiger partial charge in [0.15, 0.2) is 0 Å². The largest absolute Gasteiger partial charge is 0.497 e. The van der Waals surface area contributed by atoms with Crippen molar-refractivity contribution in [2.45, 2.75) is 25.4 Å². The standard InChI is InChI=1S/C22H24ClN3O2/c1-28-19-7-4-16-12-21(25-20(16)13-19)22(27)24-18-8-10-26(11-9-18)14-15-2-5-17(23)6-3-15/h2-7,12-13,18,25H,8-11,14H2,1H3,(H,24,27). The maximum Gasteiger partial charge on any atom is 0.267 e. The van der Waals surface area contributed by atoms with Gasteiger partial charge in [-0.15, -0.1) is 0 Å².